The second kappa shape index (κ2) is 7.42. The molecule has 0 saturated heterocycles. The van der Waals surface area contributed by atoms with Crippen molar-refractivity contribution in [2.24, 2.45) is 0 Å². The molecule has 2 aromatic rings. The highest BCUT2D eigenvalue weighted by atomic mass is 16.5. The van der Waals surface area contributed by atoms with Crippen LogP contribution in [0.25, 0.3) is 11.4 Å². The Hall–Kier alpha value is -2.37. The van der Waals surface area contributed by atoms with Gasteiger partial charge in [0.25, 0.3) is 0 Å². The van der Waals surface area contributed by atoms with Gasteiger partial charge in [0.05, 0.1) is 13.2 Å². The first-order valence-corrected chi connectivity index (χ1v) is 7.06. The van der Waals surface area contributed by atoms with Crippen LogP contribution in [-0.2, 0) is 0 Å². The molecule has 0 spiro atoms. The van der Waals surface area contributed by atoms with E-state index in [-0.39, 0.29) is 0 Å². The number of nitrogens with zero attached hydrogens (tertiary/aromatic N) is 3. The predicted octanol–water partition coefficient (Wildman–Crippen LogP) is 2.77. The molecule has 0 amide bonds. The summed E-state index contributed by atoms with van der Waals surface area (Å²) < 4.78 is 11.0. The van der Waals surface area contributed by atoms with Gasteiger partial charge in [0.1, 0.15) is 5.75 Å². The van der Waals surface area contributed by atoms with Crippen molar-refractivity contribution in [2.45, 2.75) is 20.3 Å². The first-order valence-electron chi connectivity index (χ1n) is 7.06. The van der Waals surface area contributed by atoms with Crippen LogP contribution in [0.15, 0.2) is 24.3 Å². The summed E-state index contributed by atoms with van der Waals surface area (Å²) in [6, 6.07) is 7.98. The fourth-order valence-electron chi connectivity index (χ4n) is 1.75. The molecule has 0 aliphatic rings. The minimum absolute atomic E-state index is 0.327. The van der Waals surface area contributed by atoms with Gasteiger partial charge >= 0.3 is 6.01 Å². The highest BCUT2D eigenvalue weighted by Gasteiger charge is 2.09. The lowest BCUT2D eigenvalue weighted by molar-refractivity contribution is 0.292. The minimum atomic E-state index is 0.327. The Morgan fingerprint density at radius 2 is 1.95 bits per heavy atom. The van der Waals surface area contributed by atoms with Gasteiger partial charge in [0.2, 0.25) is 5.95 Å². The zero-order valence-corrected chi connectivity index (χ0v) is 12.6. The monoisotopic (exact) mass is 288 g/mol. The molecule has 6 nitrogen and oxygen atoms in total. The van der Waals surface area contributed by atoms with Crippen molar-refractivity contribution in [1.29, 1.82) is 0 Å². The zero-order valence-electron chi connectivity index (χ0n) is 12.6. The first-order chi connectivity index (χ1) is 10.3. The van der Waals surface area contributed by atoms with Gasteiger partial charge in [0.15, 0.2) is 5.82 Å². The number of hydrogen-bond acceptors (Lipinski definition) is 6. The second-order valence-electron chi connectivity index (χ2n) is 4.32. The average molecular weight is 288 g/mol. The summed E-state index contributed by atoms with van der Waals surface area (Å²) in [7, 11) is 1.76. The molecule has 0 atom stereocenters. The fourth-order valence-corrected chi connectivity index (χ4v) is 1.75. The maximum Gasteiger partial charge on any atom is 0.321 e. The SMILES string of the molecule is CCCOc1nc(NC)nc(-c2cccc(OCC)c2)n1. The van der Waals surface area contributed by atoms with Crippen molar-refractivity contribution in [2.75, 3.05) is 25.6 Å². The van der Waals surface area contributed by atoms with E-state index in [1.54, 1.807) is 7.05 Å². The third-order valence-electron chi connectivity index (χ3n) is 2.68. The van der Waals surface area contributed by atoms with Crippen molar-refractivity contribution in [3.8, 4) is 23.1 Å². The van der Waals surface area contributed by atoms with Crippen LogP contribution in [0.3, 0.4) is 0 Å². The van der Waals surface area contributed by atoms with Crippen LogP contribution >= 0.6 is 0 Å². The Morgan fingerprint density at radius 3 is 2.67 bits per heavy atom. The second-order valence-corrected chi connectivity index (χ2v) is 4.32. The normalized spacial score (nSPS) is 10.2. The summed E-state index contributed by atoms with van der Waals surface area (Å²) >= 11 is 0. The van der Waals surface area contributed by atoms with Gasteiger partial charge in [0, 0.05) is 12.6 Å². The number of aromatic nitrogens is 3. The Balaban J connectivity index is 2.35. The van der Waals surface area contributed by atoms with Crippen LogP contribution < -0.4 is 14.8 Å². The van der Waals surface area contributed by atoms with E-state index < -0.39 is 0 Å². The maximum absolute atomic E-state index is 5.50. The van der Waals surface area contributed by atoms with E-state index in [2.05, 4.69) is 20.3 Å². The molecule has 1 aromatic carbocycles. The summed E-state index contributed by atoms with van der Waals surface area (Å²) in [5, 5.41) is 2.92. The van der Waals surface area contributed by atoms with Crippen LogP contribution in [-0.4, -0.2) is 35.2 Å². The van der Waals surface area contributed by atoms with Gasteiger partial charge in [-0.15, -0.1) is 0 Å². The smallest absolute Gasteiger partial charge is 0.321 e. The molecule has 0 unspecified atom stereocenters. The standard InChI is InChI=1S/C15H20N4O2/c1-4-9-21-15-18-13(17-14(16-3)19-15)11-7-6-8-12(10-11)20-5-2/h6-8,10H,4-5,9H2,1-3H3,(H,16,17,18,19). The van der Waals surface area contributed by atoms with Crippen LogP contribution in [0.2, 0.25) is 0 Å². The first kappa shape index (κ1) is 15.0. The number of benzene rings is 1. The van der Waals surface area contributed by atoms with Gasteiger partial charge in [-0.05, 0) is 25.5 Å². The van der Waals surface area contributed by atoms with Crippen molar-refractivity contribution in [3.63, 3.8) is 0 Å². The third-order valence-corrected chi connectivity index (χ3v) is 2.68. The molecule has 0 bridgehead atoms. The Labute approximate surface area is 124 Å². The van der Waals surface area contributed by atoms with Crippen molar-refractivity contribution >= 4 is 5.95 Å². The molecule has 2 rings (SSSR count). The summed E-state index contributed by atoms with van der Waals surface area (Å²) in [4.78, 5) is 12.9. The van der Waals surface area contributed by atoms with Crippen LogP contribution in [0.5, 0.6) is 11.8 Å². The van der Waals surface area contributed by atoms with Crippen molar-refractivity contribution in [3.05, 3.63) is 24.3 Å². The van der Waals surface area contributed by atoms with Crippen LogP contribution in [0.4, 0.5) is 5.95 Å². The van der Waals surface area contributed by atoms with Gasteiger partial charge in [-0.1, -0.05) is 19.1 Å². The number of hydrogen-bond donors (Lipinski definition) is 1. The molecular weight excluding hydrogens is 268 g/mol. The number of anilines is 1. The van der Waals surface area contributed by atoms with Gasteiger partial charge in [-0.2, -0.15) is 15.0 Å². The van der Waals surface area contributed by atoms with Crippen molar-refractivity contribution < 1.29 is 9.47 Å². The minimum Gasteiger partial charge on any atom is -0.494 e. The van der Waals surface area contributed by atoms with Crippen LogP contribution in [0.1, 0.15) is 20.3 Å². The van der Waals surface area contributed by atoms with E-state index >= 15 is 0 Å². The summed E-state index contributed by atoms with van der Waals surface area (Å²) in [5.74, 6) is 1.83. The van der Waals surface area contributed by atoms with E-state index in [0.29, 0.717) is 31.0 Å². The molecule has 112 valence electrons. The quantitative estimate of drug-likeness (QED) is 0.845. The molecule has 0 aliphatic carbocycles. The zero-order chi connectivity index (χ0) is 15.1. The van der Waals surface area contributed by atoms with E-state index in [1.165, 1.54) is 0 Å². The fraction of sp³-hybridized carbons (Fsp3) is 0.400. The lowest BCUT2D eigenvalue weighted by atomic mass is 10.2. The molecule has 1 heterocycles. The summed E-state index contributed by atoms with van der Waals surface area (Å²) in [6.45, 7) is 5.18. The number of nitrogens with one attached hydrogen (secondary N) is 1. The predicted molar refractivity (Wildman–Crippen MR) is 81.8 cm³/mol. The van der Waals surface area contributed by atoms with E-state index in [4.69, 9.17) is 9.47 Å². The van der Waals surface area contributed by atoms with Crippen molar-refractivity contribution in [1.82, 2.24) is 15.0 Å². The molecule has 21 heavy (non-hydrogen) atoms. The van der Waals surface area contributed by atoms with E-state index in [0.717, 1.165) is 17.7 Å². The Kier molecular flexibility index (Phi) is 5.31. The highest BCUT2D eigenvalue weighted by Crippen LogP contribution is 2.23. The molecular formula is C15H20N4O2. The van der Waals surface area contributed by atoms with Gasteiger partial charge in [-0.3, -0.25) is 0 Å². The van der Waals surface area contributed by atoms with E-state index in [1.807, 2.05) is 38.1 Å². The summed E-state index contributed by atoms with van der Waals surface area (Å²) in [6.07, 6.45) is 0.899. The average Bonchev–Trinajstić information content (AvgIpc) is 2.53. The topological polar surface area (TPSA) is 69.2 Å². The molecule has 6 heteroatoms. The van der Waals surface area contributed by atoms with Crippen LogP contribution in [0, 0.1) is 0 Å². The number of rotatable bonds is 7. The third kappa shape index (κ3) is 4.05. The maximum atomic E-state index is 5.50. The molecule has 0 saturated carbocycles. The van der Waals surface area contributed by atoms with Gasteiger partial charge in [-0.25, -0.2) is 0 Å². The molecule has 1 N–H and O–H groups in total. The highest BCUT2D eigenvalue weighted by molar-refractivity contribution is 5.58. The lowest BCUT2D eigenvalue weighted by Crippen LogP contribution is -2.06. The Bertz CT molecular complexity index is 590. The molecule has 0 fully saturated rings. The Morgan fingerprint density at radius 1 is 1.10 bits per heavy atom. The summed E-state index contributed by atoms with van der Waals surface area (Å²) in [5.41, 5.74) is 0.862. The molecule has 0 radical (unpaired) electrons. The van der Waals surface area contributed by atoms with E-state index in [9.17, 15) is 0 Å². The van der Waals surface area contributed by atoms with Gasteiger partial charge < -0.3 is 14.8 Å². The molecule has 0 aliphatic heterocycles. The number of ether oxygens (including phenoxy) is 2. The lowest BCUT2D eigenvalue weighted by Gasteiger charge is -2.09. The largest absolute Gasteiger partial charge is 0.494 e. The molecule has 1 aromatic heterocycles.